The zero-order valence-electron chi connectivity index (χ0n) is 6.46. The molecule has 0 saturated heterocycles. The Labute approximate surface area is 66.4 Å². The summed E-state index contributed by atoms with van der Waals surface area (Å²) < 4.78 is 10.3. The van der Waals surface area contributed by atoms with Crippen molar-refractivity contribution in [2.24, 2.45) is 0 Å². The SMILES string of the molecule is COc1ccc2c(c1)BOC2. The third-order valence-electron chi connectivity index (χ3n) is 1.93. The van der Waals surface area contributed by atoms with E-state index < -0.39 is 0 Å². The van der Waals surface area contributed by atoms with Crippen LogP contribution in [0.25, 0.3) is 0 Å². The van der Waals surface area contributed by atoms with E-state index in [4.69, 9.17) is 9.39 Å². The fraction of sp³-hybridized carbons (Fsp3) is 0.250. The van der Waals surface area contributed by atoms with E-state index in [1.807, 2.05) is 12.1 Å². The Hall–Kier alpha value is -0.955. The lowest BCUT2D eigenvalue weighted by Gasteiger charge is -2.00. The summed E-state index contributed by atoms with van der Waals surface area (Å²) in [6.07, 6.45) is 0. The summed E-state index contributed by atoms with van der Waals surface area (Å²) in [5.41, 5.74) is 2.54. The lowest BCUT2D eigenvalue weighted by molar-refractivity contribution is 0.345. The molecule has 1 heterocycles. The van der Waals surface area contributed by atoms with Crippen LogP contribution in [0, 0.1) is 0 Å². The molecule has 3 heteroatoms. The van der Waals surface area contributed by atoms with E-state index in [2.05, 4.69) is 6.07 Å². The van der Waals surface area contributed by atoms with E-state index >= 15 is 0 Å². The van der Waals surface area contributed by atoms with Crippen LogP contribution >= 0.6 is 0 Å². The van der Waals surface area contributed by atoms with Crippen molar-refractivity contribution in [2.45, 2.75) is 6.61 Å². The minimum atomic E-state index is 0.729. The number of methoxy groups -OCH3 is 1. The van der Waals surface area contributed by atoms with Crippen molar-refractivity contribution in [3.8, 4) is 5.75 Å². The third kappa shape index (κ3) is 1.12. The zero-order valence-corrected chi connectivity index (χ0v) is 6.46. The van der Waals surface area contributed by atoms with Crippen LogP contribution in [0.3, 0.4) is 0 Å². The van der Waals surface area contributed by atoms with Gasteiger partial charge in [0.05, 0.1) is 13.7 Å². The molecule has 1 aromatic carbocycles. The molecule has 0 N–H and O–H groups in total. The second kappa shape index (κ2) is 2.59. The molecule has 0 unspecified atom stereocenters. The maximum Gasteiger partial charge on any atom is 0.309 e. The van der Waals surface area contributed by atoms with Crippen molar-refractivity contribution in [2.75, 3.05) is 7.11 Å². The molecule has 0 atom stereocenters. The Morgan fingerprint density at radius 1 is 1.55 bits per heavy atom. The highest BCUT2D eigenvalue weighted by molar-refractivity contribution is 6.48. The Bertz CT molecular complexity index is 273. The topological polar surface area (TPSA) is 18.5 Å². The fourth-order valence-corrected chi connectivity index (χ4v) is 1.28. The van der Waals surface area contributed by atoms with Crippen LogP contribution in [0.4, 0.5) is 0 Å². The summed E-state index contributed by atoms with van der Waals surface area (Å²) in [5, 5.41) is 0. The third-order valence-corrected chi connectivity index (χ3v) is 1.93. The van der Waals surface area contributed by atoms with Crippen molar-refractivity contribution < 1.29 is 9.39 Å². The van der Waals surface area contributed by atoms with Crippen LogP contribution in [0.2, 0.25) is 0 Å². The molecule has 0 bridgehead atoms. The van der Waals surface area contributed by atoms with Crippen LogP contribution in [-0.4, -0.2) is 14.6 Å². The van der Waals surface area contributed by atoms with Crippen molar-refractivity contribution in [3.63, 3.8) is 0 Å². The van der Waals surface area contributed by atoms with Gasteiger partial charge >= 0.3 is 7.48 Å². The molecule has 0 spiro atoms. The van der Waals surface area contributed by atoms with Gasteiger partial charge in [-0.15, -0.1) is 0 Å². The molecular formula is C8H9BO2. The smallest absolute Gasteiger partial charge is 0.309 e. The lowest BCUT2D eigenvalue weighted by Crippen LogP contribution is -2.11. The van der Waals surface area contributed by atoms with Gasteiger partial charge in [0.25, 0.3) is 0 Å². The van der Waals surface area contributed by atoms with Crippen LogP contribution < -0.4 is 10.2 Å². The van der Waals surface area contributed by atoms with Gasteiger partial charge in [-0.25, -0.2) is 0 Å². The highest BCUT2D eigenvalue weighted by atomic mass is 16.5. The van der Waals surface area contributed by atoms with E-state index in [0.717, 1.165) is 19.8 Å². The predicted octanol–water partition coefficient (Wildman–Crippen LogP) is 0.202. The average molecular weight is 148 g/mol. The normalized spacial score (nSPS) is 13.9. The number of ether oxygens (including phenoxy) is 1. The molecule has 0 radical (unpaired) electrons. The molecule has 2 rings (SSSR count). The van der Waals surface area contributed by atoms with Gasteiger partial charge in [-0.1, -0.05) is 6.07 Å². The van der Waals surface area contributed by atoms with Crippen molar-refractivity contribution in [1.29, 1.82) is 0 Å². The Kier molecular flexibility index (Phi) is 1.58. The molecular weight excluding hydrogens is 139 g/mol. The summed E-state index contributed by atoms with van der Waals surface area (Å²) in [7, 11) is 2.41. The van der Waals surface area contributed by atoms with Gasteiger partial charge in [0.2, 0.25) is 0 Å². The maximum absolute atomic E-state index is 5.26. The molecule has 2 nitrogen and oxygen atoms in total. The molecule has 0 fully saturated rings. The average Bonchev–Trinajstić information content (AvgIpc) is 2.50. The zero-order chi connectivity index (χ0) is 7.68. The number of hydrogen-bond acceptors (Lipinski definition) is 2. The van der Waals surface area contributed by atoms with E-state index in [1.54, 1.807) is 7.11 Å². The maximum atomic E-state index is 5.26. The lowest BCUT2D eigenvalue weighted by atomic mass is 9.87. The summed E-state index contributed by atoms with van der Waals surface area (Å²) >= 11 is 0. The monoisotopic (exact) mass is 148 g/mol. The van der Waals surface area contributed by atoms with E-state index in [1.165, 1.54) is 11.0 Å². The van der Waals surface area contributed by atoms with Gasteiger partial charge in [-0.2, -0.15) is 0 Å². The van der Waals surface area contributed by atoms with Crippen molar-refractivity contribution >= 4 is 12.9 Å². The molecule has 1 aromatic rings. The van der Waals surface area contributed by atoms with Crippen LogP contribution in [0.5, 0.6) is 5.75 Å². The number of benzene rings is 1. The predicted molar refractivity (Wildman–Crippen MR) is 44.6 cm³/mol. The minimum absolute atomic E-state index is 0.729. The second-order valence-electron chi connectivity index (χ2n) is 2.63. The Balaban J connectivity index is 2.41. The standard InChI is InChI=1S/C8H9BO2/c1-10-7-3-2-6-5-11-9-8(6)4-7/h2-4,9H,5H2,1H3. The molecule has 0 aromatic heterocycles. The highest BCUT2D eigenvalue weighted by Gasteiger charge is 2.12. The first-order chi connectivity index (χ1) is 5.40. The quantitative estimate of drug-likeness (QED) is 0.529. The summed E-state index contributed by atoms with van der Waals surface area (Å²) in [5.74, 6) is 0.911. The van der Waals surface area contributed by atoms with Gasteiger partial charge in [-0.05, 0) is 23.2 Å². The van der Waals surface area contributed by atoms with Gasteiger partial charge in [0, 0.05) is 0 Å². The fourth-order valence-electron chi connectivity index (χ4n) is 1.28. The van der Waals surface area contributed by atoms with E-state index in [0.29, 0.717) is 0 Å². The van der Waals surface area contributed by atoms with Gasteiger partial charge in [-0.3, -0.25) is 0 Å². The van der Waals surface area contributed by atoms with Crippen LogP contribution in [-0.2, 0) is 11.3 Å². The Morgan fingerprint density at radius 3 is 3.27 bits per heavy atom. The number of hydrogen-bond donors (Lipinski definition) is 0. The van der Waals surface area contributed by atoms with Crippen LogP contribution in [0.15, 0.2) is 18.2 Å². The van der Waals surface area contributed by atoms with Gasteiger partial charge < -0.3 is 9.39 Å². The van der Waals surface area contributed by atoms with E-state index in [-0.39, 0.29) is 0 Å². The molecule has 11 heavy (non-hydrogen) atoms. The minimum Gasteiger partial charge on any atom is -0.497 e. The Morgan fingerprint density at radius 2 is 2.45 bits per heavy atom. The number of rotatable bonds is 1. The van der Waals surface area contributed by atoms with Crippen molar-refractivity contribution in [3.05, 3.63) is 23.8 Å². The van der Waals surface area contributed by atoms with E-state index in [9.17, 15) is 0 Å². The second-order valence-corrected chi connectivity index (χ2v) is 2.63. The van der Waals surface area contributed by atoms with Crippen molar-refractivity contribution in [1.82, 2.24) is 0 Å². The highest BCUT2D eigenvalue weighted by Crippen LogP contribution is 2.12. The molecule has 0 amide bonds. The first kappa shape index (κ1) is 6.74. The largest absolute Gasteiger partial charge is 0.497 e. The molecule has 1 aliphatic rings. The summed E-state index contributed by atoms with van der Waals surface area (Å²) in [6.45, 7) is 0.749. The summed E-state index contributed by atoms with van der Waals surface area (Å²) in [6, 6.07) is 6.05. The first-order valence-corrected chi connectivity index (χ1v) is 3.63. The van der Waals surface area contributed by atoms with Gasteiger partial charge in [0.15, 0.2) is 0 Å². The van der Waals surface area contributed by atoms with Gasteiger partial charge in [0.1, 0.15) is 5.75 Å². The molecule has 0 saturated carbocycles. The summed E-state index contributed by atoms with van der Waals surface area (Å²) in [4.78, 5) is 0. The molecule has 1 aliphatic heterocycles. The molecule has 0 aliphatic carbocycles. The first-order valence-electron chi connectivity index (χ1n) is 3.63. The number of fused-ring (bicyclic) bond motifs is 1. The van der Waals surface area contributed by atoms with Crippen LogP contribution in [0.1, 0.15) is 5.56 Å². The molecule has 56 valence electrons.